The molecule has 0 aliphatic carbocycles. The third kappa shape index (κ3) is 2.21. The molecule has 1 aromatic heterocycles. The molecule has 0 saturated carbocycles. The molecule has 0 bridgehead atoms. The van der Waals surface area contributed by atoms with Crippen molar-refractivity contribution in [2.24, 2.45) is 0 Å². The minimum absolute atomic E-state index is 0.0325. The van der Waals surface area contributed by atoms with Gasteiger partial charge in [0.25, 0.3) is 0 Å². The average Bonchev–Trinajstić information content (AvgIpc) is 2.42. The fourth-order valence-corrected chi connectivity index (χ4v) is 2.05. The van der Waals surface area contributed by atoms with E-state index in [0.29, 0.717) is 16.7 Å². The number of para-hydroxylation sites is 1. The van der Waals surface area contributed by atoms with Crippen molar-refractivity contribution >= 4 is 24.9 Å². The van der Waals surface area contributed by atoms with Crippen LogP contribution in [0.25, 0.3) is 10.9 Å². The number of aromatic nitrogens is 1. The summed E-state index contributed by atoms with van der Waals surface area (Å²) in [7, 11) is 3.30. The fraction of sp³-hybridized carbons (Fsp3) is 0.231. The van der Waals surface area contributed by atoms with Crippen LogP contribution in [0.1, 0.15) is 17.3 Å². The zero-order valence-corrected chi connectivity index (χ0v) is 11.1. The maximum atomic E-state index is 12.3. The van der Waals surface area contributed by atoms with Gasteiger partial charge in [0, 0.05) is 11.6 Å². The topological polar surface area (TPSA) is 57.5 Å². The van der Waals surface area contributed by atoms with Crippen LogP contribution in [-0.4, -0.2) is 32.1 Å². The van der Waals surface area contributed by atoms with Crippen molar-refractivity contribution < 1.29 is 14.3 Å². The van der Waals surface area contributed by atoms with Crippen molar-refractivity contribution in [1.82, 2.24) is 4.48 Å². The zero-order valence-electron chi connectivity index (χ0n) is 11.1. The van der Waals surface area contributed by atoms with E-state index in [9.17, 15) is 9.59 Å². The lowest BCUT2D eigenvalue weighted by molar-refractivity contribution is 0.0524. The van der Waals surface area contributed by atoms with Crippen molar-refractivity contribution in [3.05, 3.63) is 40.2 Å². The Morgan fingerprint density at radius 3 is 2.79 bits per heavy atom. The molecule has 98 valence electrons. The number of methoxy groups -OCH3 is 1. The molecule has 1 aromatic carbocycles. The smallest absolute Gasteiger partial charge is 0.343 e. The predicted octanol–water partition coefficient (Wildman–Crippen LogP) is 0.583. The maximum absolute atomic E-state index is 12.3. The number of nitrogens with zero attached hydrogens (tertiary/aromatic N) is 1. The van der Waals surface area contributed by atoms with Gasteiger partial charge >= 0.3 is 5.97 Å². The molecule has 1 heterocycles. The Bertz CT molecular complexity index is 693. The monoisotopic (exact) mass is 259 g/mol. The number of hydrogen-bond acceptors (Lipinski definition) is 4. The average molecular weight is 259 g/mol. The molecule has 0 N–H and O–H groups in total. The summed E-state index contributed by atoms with van der Waals surface area (Å²) in [6.07, 6.45) is 1.48. The number of ether oxygens (including phenoxy) is 2. The Kier molecular flexibility index (Phi) is 3.60. The zero-order chi connectivity index (χ0) is 14.0. The second-order valence-electron chi connectivity index (χ2n) is 4.06. The second kappa shape index (κ2) is 5.18. The highest BCUT2D eigenvalue weighted by molar-refractivity contribution is 6.13. The number of benzene rings is 1. The third-order valence-electron chi connectivity index (χ3n) is 2.88. The summed E-state index contributed by atoms with van der Waals surface area (Å²) >= 11 is 0. The highest BCUT2D eigenvalue weighted by Crippen LogP contribution is 2.22. The fourth-order valence-electron chi connectivity index (χ4n) is 2.05. The molecule has 0 aliphatic rings. The minimum Gasteiger partial charge on any atom is -0.495 e. The molecule has 5 nitrogen and oxygen atoms in total. The first kappa shape index (κ1) is 13.2. The van der Waals surface area contributed by atoms with Crippen molar-refractivity contribution in [1.29, 1.82) is 0 Å². The number of pyridine rings is 1. The largest absolute Gasteiger partial charge is 0.495 e. The maximum Gasteiger partial charge on any atom is 0.343 e. The second-order valence-corrected chi connectivity index (χ2v) is 4.06. The Morgan fingerprint density at radius 1 is 1.42 bits per heavy atom. The lowest BCUT2D eigenvalue weighted by atomic mass is 10.1. The quantitative estimate of drug-likeness (QED) is 0.597. The van der Waals surface area contributed by atoms with E-state index in [4.69, 9.17) is 9.47 Å². The van der Waals surface area contributed by atoms with Crippen molar-refractivity contribution in [3.63, 3.8) is 0 Å². The highest BCUT2D eigenvalue weighted by Gasteiger charge is 2.16. The molecule has 0 unspecified atom stereocenters. The van der Waals surface area contributed by atoms with Gasteiger partial charge in [-0.2, -0.15) is 0 Å². The number of fused-ring (bicyclic) bond motifs is 1. The Balaban J connectivity index is 2.77. The van der Waals surface area contributed by atoms with Crippen LogP contribution in [0.2, 0.25) is 0 Å². The molecule has 19 heavy (non-hydrogen) atoms. The Morgan fingerprint density at radius 2 is 2.16 bits per heavy atom. The van der Waals surface area contributed by atoms with Crippen LogP contribution >= 0.6 is 0 Å². The molecular formula is C13H14BNO4. The molecular weight excluding hydrogens is 245 g/mol. The van der Waals surface area contributed by atoms with E-state index in [1.54, 1.807) is 44.7 Å². The first-order chi connectivity index (χ1) is 9.10. The van der Waals surface area contributed by atoms with Crippen LogP contribution < -0.4 is 10.2 Å². The number of carbonyl (C=O) groups is 1. The number of hydrogen-bond donors (Lipinski definition) is 0. The standard InChI is InChI=1S/C13H14BNO4/c1-3-19-13(17)9-7-15(14)11-8(12(9)16)5-4-6-10(11)18-2/h4-7H,3,14H2,1-2H3. The van der Waals surface area contributed by atoms with Gasteiger partial charge in [0.15, 0.2) is 0 Å². The minimum atomic E-state index is -0.604. The predicted molar refractivity (Wildman–Crippen MR) is 74.7 cm³/mol. The summed E-state index contributed by atoms with van der Waals surface area (Å²) in [6, 6.07) is 5.16. The molecule has 0 amide bonds. The summed E-state index contributed by atoms with van der Waals surface area (Å²) < 4.78 is 11.8. The lowest BCUT2D eigenvalue weighted by Gasteiger charge is -2.12. The van der Waals surface area contributed by atoms with Crippen LogP contribution in [0.4, 0.5) is 0 Å². The van der Waals surface area contributed by atoms with Crippen LogP contribution in [0.15, 0.2) is 29.2 Å². The summed E-state index contributed by atoms with van der Waals surface area (Å²) in [5.41, 5.74) is 0.346. The molecule has 0 radical (unpaired) electrons. The number of rotatable bonds is 3. The first-order valence-corrected chi connectivity index (χ1v) is 5.93. The first-order valence-electron chi connectivity index (χ1n) is 5.93. The SMILES string of the molecule is Bn1cc(C(=O)OCC)c(=O)c2cccc(OC)c21. The molecule has 0 fully saturated rings. The van der Waals surface area contributed by atoms with E-state index in [1.807, 2.05) is 0 Å². The lowest BCUT2D eigenvalue weighted by Crippen LogP contribution is -2.20. The summed E-state index contributed by atoms with van der Waals surface area (Å²) in [5.74, 6) is -0.0136. The molecule has 0 spiro atoms. The van der Waals surface area contributed by atoms with Crippen LogP contribution in [0.5, 0.6) is 5.75 Å². The Hall–Kier alpha value is -2.24. The van der Waals surface area contributed by atoms with Crippen LogP contribution in [-0.2, 0) is 4.74 Å². The van der Waals surface area contributed by atoms with Gasteiger partial charge in [-0.05, 0) is 19.1 Å². The van der Waals surface area contributed by atoms with E-state index < -0.39 is 5.97 Å². The number of carbonyl (C=O) groups excluding carboxylic acids is 1. The van der Waals surface area contributed by atoms with Crippen molar-refractivity contribution in [2.45, 2.75) is 6.92 Å². The summed E-state index contributed by atoms with van der Waals surface area (Å²) in [6.45, 7) is 1.94. The summed E-state index contributed by atoms with van der Waals surface area (Å²) in [4.78, 5) is 24.0. The van der Waals surface area contributed by atoms with Crippen molar-refractivity contribution in [3.8, 4) is 5.75 Å². The van der Waals surface area contributed by atoms with Gasteiger partial charge in [0.1, 0.15) is 11.3 Å². The third-order valence-corrected chi connectivity index (χ3v) is 2.88. The molecule has 2 aromatic rings. The molecule has 2 rings (SSSR count). The van der Waals surface area contributed by atoms with Gasteiger partial charge in [-0.15, -0.1) is 0 Å². The van der Waals surface area contributed by atoms with E-state index in [2.05, 4.69) is 0 Å². The molecule has 0 saturated heterocycles. The van der Waals surface area contributed by atoms with Crippen molar-refractivity contribution in [2.75, 3.05) is 13.7 Å². The van der Waals surface area contributed by atoms with E-state index in [0.717, 1.165) is 0 Å². The van der Waals surface area contributed by atoms with Gasteiger partial charge in [-0.3, -0.25) is 4.79 Å². The van der Waals surface area contributed by atoms with Gasteiger partial charge in [0.05, 0.1) is 19.2 Å². The molecule has 6 heteroatoms. The Labute approximate surface area is 111 Å². The van der Waals surface area contributed by atoms with E-state index in [1.165, 1.54) is 6.20 Å². The molecule has 0 aliphatic heterocycles. The van der Waals surface area contributed by atoms with E-state index >= 15 is 0 Å². The summed E-state index contributed by atoms with van der Waals surface area (Å²) in [5, 5.41) is 0.437. The molecule has 0 atom stereocenters. The van der Waals surface area contributed by atoms with Gasteiger partial charge in [-0.25, -0.2) is 4.79 Å². The van der Waals surface area contributed by atoms with Crippen LogP contribution in [0.3, 0.4) is 0 Å². The van der Waals surface area contributed by atoms with Gasteiger partial charge in [0.2, 0.25) is 13.4 Å². The van der Waals surface area contributed by atoms with Gasteiger partial charge in [-0.1, -0.05) is 6.07 Å². The van der Waals surface area contributed by atoms with Crippen LogP contribution in [0, 0.1) is 0 Å². The van der Waals surface area contributed by atoms with Gasteiger partial charge < -0.3 is 14.0 Å². The number of esters is 1. The van der Waals surface area contributed by atoms with E-state index in [-0.39, 0.29) is 17.6 Å². The highest BCUT2D eigenvalue weighted by atomic mass is 16.5. The normalized spacial score (nSPS) is 10.4.